The van der Waals surface area contributed by atoms with E-state index in [2.05, 4.69) is 21.8 Å². The molecule has 1 aromatic rings. The Morgan fingerprint density at radius 2 is 2.38 bits per heavy atom. The van der Waals surface area contributed by atoms with E-state index in [4.69, 9.17) is 15.5 Å². The van der Waals surface area contributed by atoms with Crippen molar-refractivity contribution in [1.29, 1.82) is 0 Å². The number of halogens is 1. The summed E-state index contributed by atoms with van der Waals surface area (Å²) in [6.45, 7) is 0. The van der Waals surface area contributed by atoms with Crippen LogP contribution >= 0.6 is 11.9 Å². The zero-order valence-corrected chi connectivity index (χ0v) is 7.40. The number of imidazole rings is 1. The van der Waals surface area contributed by atoms with Crippen molar-refractivity contribution < 1.29 is 14.6 Å². The molecular formula is C6H10ClN3O3. The molecule has 6 nitrogen and oxygen atoms in total. The van der Waals surface area contributed by atoms with Gasteiger partial charge in [0.2, 0.25) is 0 Å². The van der Waals surface area contributed by atoms with Gasteiger partial charge in [0, 0.05) is 12.6 Å². The summed E-state index contributed by atoms with van der Waals surface area (Å²) in [6.07, 6.45) is 3.38. The van der Waals surface area contributed by atoms with E-state index in [-0.39, 0.29) is 6.42 Å². The van der Waals surface area contributed by atoms with Crippen LogP contribution in [0.1, 0.15) is 5.69 Å². The summed E-state index contributed by atoms with van der Waals surface area (Å²) in [4.78, 5) is 16.8. The van der Waals surface area contributed by atoms with Gasteiger partial charge in [-0.15, -0.1) is 0 Å². The van der Waals surface area contributed by atoms with Crippen molar-refractivity contribution in [3.63, 3.8) is 0 Å². The third kappa shape index (κ3) is 4.46. The van der Waals surface area contributed by atoms with Crippen LogP contribution in [0.15, 0.2) is 12.5 Å². The molecule has 1 aromatic heterocycles. The minimum absolute atomic E-state index is 0.263. The van der Waals surface area contributed by atoms with Crippen LogP contribution in [0.5, 0.6) is 0 Å². The molecule has 0 aliphatic rings. The Kier molecular flexibility index (Phi) is 5.86. The smallest absolute Gasteiger partial charge is 0.320 e. The molecule has 0 saturated heterocycles. The van der Waals surface area contributed by atoms with E-state index in [1.807, 2.05) is 0 Å². The first-order valence-electron chi connectivity index (χ1n) is 3.33. The number of rotatable bonds is 3. The largest absolute Gasteiger partial charge is 0.480 e. The minimum atomic E-state index is -1.01. The van der Waals surface area contributed by atoms with Crippen molar-refractivity contribution in [3.8, 4) is 0 Å². The fourth-order valence-corrected chi connectivity index (χ4v) is 0.715. The maximum atomic E-state index is 10.3. The number of carbonyl (C=O) groups is 1. The summed E-state index contributed by atoms with van der Waals surface area (Å²) in [5.41, 5.74) is 5.92. The van der Waals surface area contributed by atoms with E-state index in [1.54, 1.807) is 6.20 Å². The van der Waals surface area contributed by atoms with Crippen molar-refractivity contribution in [3.05, 3.63) is 18.2 Å². The van der Waals surface area contributed by atoms with E-state index < -0.39 is 12.0 Å². The normalized spacial score (nSPS) is 11.3. The number of aliphatic carboxylic acids is 1. The molecule has 0 aromatic carbocycles. The maximum absolute atomic E-state index is 10.3. The number of aromatic amines is 1. The van der Waals surface area contributed by atoms with Crippen LogP contribution in [0.4, 0.5) is 0 Å². The molecule has 0 aliphatic carbocycles. The highest BCUT2D eigenvalue weighted by molar-refractivity contribution is 6.04. The number of nitrogens with zero attached hydrogens (tertiary/aromatic N) is 1. The highest BCUT2D eigenvalue weighted by atomic mass is 35.5. The molecular weight excluding hydrogens is 198 g/mol. The highest BCUT2D eigenvalue weighted by Gasteiger charge is 2.12. The van der Waals surface area contributed by atoms with Crippen LogP contribution in [0.25, 0.3) is 0 Å². The Bertz CT molecular complexity index is 239. The molecule has 5 N–H and O–H groups in total. The molecule has 0 bridgehead atoms. The topological polar surface area (TPSA) is 112 Å². The zero-order valence-electron chi connectivity index (χ0n) is 6.64. The molecule has 1 atom stereocenters. The first-order valence-corrected chi connectivity index (χ1v) is 3.67. The average Bonchev–Trinajstić information content (AvgIpc) is 2.60. The van der Waals surface area contributed by atoms with E-state index in [1.165, 1.54) is 6.33 Å². The van der Waals surface area contributed by atoms with Crippen molar-refractivity contribution >= 4 is 17.8 Å². The standard InChI is InChI=1S/C6H9N3O2.ClHO/c7-5(6(10)11)1-4-2-8-3-9-4;1-2/h2-3,5H,1,7H2,(H,8,9)(H,10,11);2H/t5-;/m0./s1. The SMILES string of the molecule is N[C@@H](Cc1c[nH]cn1)C(=O)O.OCl. The molecule has 0 saturated carbocycles. The van der Waals surface area contributed by atoms with E-state index in [0.717, 1.165) is 0 Å². The maximum Gasteiger partial charge on any atom is 0.320 e. The summed E-state index contributed by atoms with van der Waals surface area (Å²) >= 11 is 3.64. The number of H-pyrrole nitrogens is 1. The van der Waals surface area contributed by atoms with Crippen LogP contribution in [-0.4, -0.2) is 31.7 Å². The van der Waals surface area contributed by atoms with Crippen molar-refractivity contribution in [2.75, 3.05) is 0 Å². The fourth-order valence-electron chi connectivity index (χ4n) is 0.715. The predicted molar refractivity (Wildman–Crippen MR) is 46.0 cm³/mol. The van der Waals surface area contributed by atoms with Gasteiger partial charge < -0.3 is 15.8 Å². The second-order valence-electron chi connectivity index (χ2n) is 2.21. The van der Waals surface area contributed by atoms with Crippen molar-refractivity contribution in [1.82, 2.24) is 9.97 Å². The van der Waals surface area contributed by atoms with Gasteiger partial charge in [-0.1, -0.05) is 0 Å². The predicted octanol–water partition coefficient (Wildman–Crippen LogP) is -0.503. The van der Waals surface area contributed by atoms with Crippen LogP contribution < -0.4 is 5.73 Å². The molecule has 7 heteroatoms. The molecule has 74 valence electrons. The molecule has 0 spiro atoms. The zero-order chi connectivity index (χ0) is 10.3. The van der Waals surface area contributed by atoms with Crippen molar-refractivity contribution in [2.24, 2.45) is 5.73 Å². The third-order valence-corrected chi connectivity index (χ3v) is 1.30. The van der Waals surface area contributed by atoms with Crippen LogP contribution in [0.2, 0.25) is 0 Å². The lowest BCUT2D eigenvalue weighted by molar-refractivity contribution is -0.138. The van der Waals surface area contributed by atoms with Gasteiger partial charge in [-0.3, -0.25) is 9.45 Å². The third-order valence-electron chi connectivity index (χ3n) is 1.30. The van der Waals surface area contributed by atoms with E-state index in [9.17, 15) is 4.79 Å². The van der Waals surface area contributed by atoms with Gasteiger partial charge in [-0.2, -0.15) is 0 Å². The number of carboxylic acid groups (broad SMARTS) is 1. The Morgan fingerprint density at radius 3 is 2.77 bits per heavy atom. The Labute approximate surface area is 79.5 Å². The summed E-state index contributed by atoms with van der Waals surface area (Å²) in [5.74, 6) is -1.01. The van der Waals surface area contributed by atoms with Crippen LogP contribution in [-0.2, 0) is 11.2 Å². The minimum Gasteiger partial charge on any atom is -0.480 e. The molecule has 13 heavy (non-hydrogen) atoms. The quantitative estimate of drug-likeness (QED) is 0.534. The Balaban J connectivity index is 0.000000671. The Hall–Kier alpha value is -1.11. The van der Waals surface area contributed by atoms with Crippen LogP contribution in [0, 0.1) is 0 Å². The van der Waals surface area contributed by atoms with E-state index >= 15 is 0 Å². The van der Waals surface area contributed by atoms with Gasteiger partial charge in [-0.25, -0.2) is 4.98 Å². The van der Waals surface area contributed by atoms with Gasteiger partial charge in [0.15, 0.2) is 0 Å². The average molecular weight is 208 g/mol. The molecule has 0 radical (unpaired) electrons. The fraction of sp³-hybridized carbons (Fsp3) is 0.333. The summed E-state index contributed by atoms with van der Waals surface area (Å²) in [5, 5.41) is 8.42. The molecule has 1 heterocycles. The lowest BCUT2D eigenvalue weighted by Crippen LogP contribution is -2.32. The van der Waals surface area contributed by atoms with Gasteiger partial charge in [0.1, 0.15) is 6.04 Å². The number of carboxylic acids is 1. The highest BCUT2D eigenvalue weighted by Crippen LogP contribution is 1.95. The number of nitrogens with one attached hydrogen (secondary N) is 1. The number of hydrogen-bond acceptors (Lipinski definition) is 4. The van der Waals surface area contributed by atoms with Gasteiger partial charge in [0.25, 0.3) is 0 Å². The number of aromatic nitrogens is 2. The summed E-state index contributed by atoms with van der Waals surface area (Å²) < 4.78 is 6.47. The number of nitrogens with two attached hydrogens (primary N) is 1. The molecule has 0 amide bonds. The molecule has 0 unspecified atom stereocenters. The molecule has 0 aliphatic heterocycles. The second-order valence-corrected chi connectivity index (χ2v) is 2.21. The summed E-state index contributed by atoms with van der Waals surface area (Å²) in [7, 11) is 0. The molecule has 1 rings (SSSR count). The summed E-state index contributed by atoms with van der Waals surface area (Å²) in [6, 6.07) is -0.863. The van der Waals surface area contributed by atoms with Gasteiger partial charge >= 0.3 is 5.97 Å². The van der Waals surface area contributed by atoms with Gasteiger partial charge in [-0.05, 0) is 0 Å². The first kappa shape index (κ1) is 11.9. The lowest BCUT2D eigenvalue weighted by Gasteiger charge is -2.01. The monoisotopic (exact) mass is 207 g/mol. The van der Waals surface area contributed by atoms with E-state index in [0.29, 0.717) is 5.69 Å². The van der Waals surface area contributed by atoms with Crippen molar-refractivity contribution in [2.45, 2.75) is 12.5 Å². The number of hydrogen-bond donors (Lipinski definition) is 4. The molecule has 0 fully saturated rings. The van der Waals surface area contributed by atoms with Gasteiger partial charge in [0.05, 0.1) is 23.9 Å². The second kappa shape index (κ2) is 6.41. The first-order chi connectivity index (χ1) is 6.20. The Morgan fingerprint density at radius 1 is 1.77 bits per heavy atom. The lowest BCUT2D eigenvalue weighted by atomic mass is 10.2. The van der Waals surface area contributed by atoms with Crippen LogP contribution in [0.3, 0.4) is 0 Å².